The van der Waals surface area contributed by atoms with Gasteiger partial charge in [0.15, 0.2) is 11.5 Å². The van der Waals surface area contributed by atoms with Gasteiger partial charge in [0.25, 0.3) is 0 Å². The molecule has 3 aromatic rings. The summed E-state index contributed by atoms with van der Waals surface area (Å²) in [7, 11) is 3.03. The molecule has 2 heterocycles. The van der Waals surface area contributed by atoms with Crippen molar-refractivity contribution in [2.24, 2.45) is 4.99 Å². The Labute approximate surface area is 191 Å². The molecule has 170 valence electrons. The average Bonchev–Trinajstić information content (AvgIpc) is 3.43. The number of aliphatic imine (C=N–C) groups is 1. The van der Waals surface area contributed by atoms with Crippen LogP contribution in [0.3, 0.4) is 0 Å². The van der Waals surface area contributed by atoms with E-state index in [-0.39, 0.29) is 12.4 Å². The summed E-state index contributed by atoms with van der Waals surface area (Å²) in [6, 6.07) is 10.6. The van der Waals surface area contributed by atoms with Crippen LogP contribution >= 0.6 is 0 Å². The standard InChI is InChI=1S/C25H25FN4O3/c1-5-15-17(13-28-25(15)27-6-2)24(32-4)16-11-21(31-3)22(12-18(16)26)33-14-23-29-19-9-7-8-10-20(19)30-23/h5-13,24H,2,14H2,1,3-4H3,(H,27,28)(H,29,30)/b15-5-. The molecule has 1 aliphatic heterocycles. The summed E-state index contributed by atoms with van der Waals surface area (Å²) in [6.07, 6.45) is 4.40. The molecule has 0 saturated heterocycles. The van der Waals surface area contributed by atoms with Crippen molar-refractivity contribution in [3.05, 3.63) is 89.8 Å². The summed E-state index contributed by atoms with van der Waals surface area (Å²) >= 11 is 0. The van der Waals surface area contributed by atoms with E-state index in [4.69, 9.17) is 14.2 Å². The second-order valence-corrected chi connectivity index (χ2v) is 7.24. The highest BCUT2D eigenvalue weighted by molar-refractivity contribution is 6.05. The van der Waals surface area contributed by atoms with Crippen LogP contribution in [-0.2, 0) is 11.3 Å². The summed E-state index contributed by atoms with van der Waals surface area (Å²) in [5.74, 6) is 1.43. The Hall–Kier alpha value is -3.91. The normalized spacial score (nSPS) is 15.3. The zero-order chi connectivity index (χ0) is 23.4. The number of amidine groups is 1. The maximum atomic E-state index is 15.3. The largest absolute Gasteiger partial charge is 0.493 e. The maximum absolute atomic E-state index is 15.3. The summed E-state index contributed by atoms with van der Waals surface area (Å²) in [6.45, 7) is 5.69. The SMILES string of the molecule is C=CNC1=NC=C(C(OC)c2cc(OC)c(OCc3nc4ccccc4[nH]3)cc2F)/C1=C/C. The maximum Gasteiger partial charge on any atom is 0.164 e. The van der Waals surface area contributed by atoms with Gasteiger partial charge in [-0.2, -0.15) is 0 Å². The number of hydrogen-bond donors (Lipinski definition) is 2. The third-order valence-corrected chi connectivity index (χ3v) is 5.31. The lowest BCUT2D eigenvalue weighted by atomic mass is 9.95. The van der Waals surface area contributed by atoms with Crippen LogP contribution in [0.1, 0.15) is 24.4 Å². The number of fused-ring (bicyclic) bond motifs is 1. The monoisotopic (exact) mass is 448 g/mol. The number of aromatic amines is 1. The Bertz CT molecular complexity index is 1240. The van der Waals surface area contributed by atoms with Gasteiger partial charge in [-0.3, -0.25) is 0 Å². The van der Waals surface area contributed by atoms with Crippen molar-refractivity contribution in [2.75, 3.05) is 14.2 Å². The van der Waals surface area contributed by atoms with Crippen molar-refractivity contribution < 1.29 is 18.6 Å². The van der Waals surface area contributed by atoms with Crippen molar-refractivity contribution in [2.45, 2.75) is 19.6 Å². The third-order valence-electron chi connectivity index (χ3n) is 5.31. The van der Waals surface area contributed by atoms with Gasteiger partial charge in [-0.05, 0) is 31.3 Å². The van der Waals surface area contributed by atoms with Crippen molar-refractivity contribution in [3.63, 3.8) is 0 Å². The number of para-hydroxylation sites is 2. The van der Waals surface area contributed by atoms with Gasteiger partial charge in [0.1, 0.15) is 30.2 Å². The fourth-order valence-electron chi connectivity index (χ4n) is 3.80. The average molecular weight is 448 g/mol. The van der Waals surface area contributed by atoms with E-state index in [0.29, 0.717) is 23.0 Å². The number of ether oxygens (including phenoxy) is 3. The number of rotatable bonds is 8. The van der Waals surface area contributed by atoms with Gasteiger partial charge in [0, 0.05) is 36.1 Å². The molecule has 7 nitrogen and oxygen atoms in total. The molecule has 1 aliphatic rings. The molecule has 1 atom stereocenters. The molecule has 0 aliphatic carbocycles. The molecule has 0 amide bonds. The molecular weight excluding hydrogens is 423 g/mol. The van der Waals surface area contributed by atoms with Crippen molar-refractivity contribution in [1.82, 2.24) is 15.3 Å². The second-order valence-electron chi connectivity index (χ2n) is 7.24. The minimum atomic E-state index is -0.692. The molecule has 1 aromatic heterocycles. The molecule has 0 spiro atoms. The molecule has 1 unspecified atom stereocenters. The minimum absolute atomic E-state index is 0.135. The lowest BCUT2D eigenvalue weighted by molar-refractivity contribution is 0.131. The molecule has 0 saturated carbocycles. The predicted molar refractivity (Wildman–Crippen MR) is 126 cm³/mol. The van der Waals surface area contributed by atoms with Crippen LogP contribution in [0.25, 0.3) is 11.0 Å². The van der Waals surface area contributed by atoms with Gasteiger partial charge in [0.05, 0.1) is 18.1 Å². The molecule has 8 heteroatoms. The Balaban J connectivity index is 1.59. The number of hydrogen-bond acceptors (Lipinski definition) is 6. The van der Waals surface area contributed by atoms with E-state index in [0.717, 1.165) is 22.2 Å². The van der Waals surface area contributed by atoms with Crippen molar-refractivity contribution >= 4 is 16.9 Å². The molecule has 33 heavy (non-hydrogen) atoms. The number of aromatic nitrogens is 2. The van der Waals surface area contributed by atoms with Gasteiger partial charge in [-0.15, -0.1) is 0 Å². The zero-order valence-electron chi connectivity index (χ0n) is 18.7. The third kappa shape index (κ3) is 4.38. The molecule has 0 fully saturated rings. The number of allylic oxidation sites excluding steroid dienone is 1. The molecule has 0 radical (unpaired) electrons. The highest BCUT2D eigenvalue weighted by Gasteiger charge is 2.29. The fraction of sp³-hybridized carbons (Fsp3) is 0.200. The molecule has 2 N–H and O–H groups in total. The van der Waals surface area contributed by atoms with Crippen LogP contribution < -0.4 is 14.8 Å². The summed E-state index contributed by atoms with van der Waals surface area (Å²) in [4.78, 5) is 12.0. The first-order chi connectivity index (χ1) is 16.1. The number of halogens is 1. The van der Waals surface area contributed by atoms with Gasteiger partial charge in [-0.1, -0.05) is 24.8 Å². The minimum Gasteiger partial charge on any atom is -0.493 e. The number of benzene rings is 2. The lowest BCUT2D eigenvalue weighted by Gasteiger charge is -2.21. The van der Waals surface area contributed by atoms with Gasteiger partial charge in [0.2, 0.25) is 0 Å². The van der Waals surface area contributed by atoms with E-state index in [1.807, 2.05) is 37.3 Å². The first-order valence-electron chi connectivity index (χ1n) is 10.4. The number of nitrogens with one attached hydrogen (secondary N) is 2. The second kappa shape index (κ2) is 9.70. The number of H-pyrrole nitrogens is 1. The Kier molecular flexibility index (Phi) is 6.55. The molecule has 0 bridgehead atoms. The van der Waals surface area contributed by atoms with E-state index < -0.39 is 11.9 Å². The number of nitrogens with zero attached hydrogens (tertiary/aromatic N) is 2. The number of imidazole rings is 1. The first kappa shape index (κ1) is 22.3. The van der Waals surface area contributed by atoms with Gasteiger partial charge >= 0.3 is 0 Å². The predicted octanol–water partition coefficient (Wildman–Crippen LogP) is 4.95. The van der Waals surface area contributed by atoms with E-state index in [9.17, 15) is 0 Å². The highest BCUT2D eigenvalue weighted by Crippen LogP contribution is 2.39. The molecule has 4 rings (SSSR count). The van der Waals surface area contributed by atoms with Gasteiger partial charge < -0.3 is 24.5 Å². The van der Waals surface area contributed by atoms with Crippen LogP contribution in [0.15, 0.2) is 77.6 Å². The van der Waals surface area contributed by atoms with Gasteiger partial charge in [-0.25, -0.2) is 14.4 Å². The van der Waals surface area contributed by atoms with Crippen LogP contribution in [0.5, 0.6) is 11.5 Å². The highest BCUT2D eigenvalue weighted by atomic mass is 19.1. The Morgan fingerprint density at radius 3 is 2.73 bits per heavy atom. The summed E-state index contributed by atoms with van der Waals surface area (Å²) in [5, 5.41) is 2.98. The Morgan fingerprint density at radius 2 is 2.03 bits per heavy atom. The van der Waals surface area contributed by atoms with E-state index in [1.54, 1.807) is 18.5 Å². The van der Waals surface area contributed by atoms with E-state index in [2.05, 4.69) is 26.9 Å². The number of methoxy groups -OCH3 is 2. The summed E-state index contributed by atoms with van der Waals surface area (Å²) < 4.78 is 32.3. The van der Waals surface area contributed by atoms with E-state index >= 15 is 4.39 Å². The van der Waals surface area contributed by atoms with Crippen molar-refractivity contribution in [1.29, 1.82) is 0 Å². The topological polar surface area (TPSA) is 80.8 Å². The summed E-state index contributed by atoms with van der Waals surface area (Å²) in [5.41, 5.74) is 3.59. The smallest absolute Gasteiger partial charge is 0.164 e. The van der Waals surface area contributed by atoms with Crippen molar-refractivity contribution in [3.8, 4) is 11.5 Å². The Morgan fingerprint density at radius 1 is 1.21 bits per heavy atom. The zero-order valence-corrected chi connectivity index (χ0v) is 18.7. The lowest BCUT2D eigenvalue weighted by Crippen LogP contribution is -2.20. The van der Waals surface area contributed by atoms with Crippen LogP contribution in [-0.4, -0.2) is 30.0 Å². The fourth-order valence-corrected chi connectivity index (χ4v) is 3.80. The quantitative estimate of drug-likeness (QED) is 0.510. The molecular formula is C25H25FN4O3. The first-order valence-corrected chi connectivity index (χ1v) is 10.4. The molecule has 2 aromatic carbocycles. The van der Waals surface area contributed by atoms with Crippen LogP contribution in [0.2, 0.25) is 0 Å². The van der Waals surface area contributed by atoms with Crippen LogP contribution in [0, 0.1) is 5.82 Å². The van der Waals surface area contributed by atoms with E-state index in [1.165, 1.54) is 20.3 Å². The van der Waals surface area contributed by atoms with Crippen LogP contribution in [0.4, 0.5) is 4.39 Å².